The molecule has 2 rings (SSSR count). The van der Waals surface area contributed by atoms with Gasteiger partial charge in [0.1, 0.15) is 5.75 Å². The predicted octanol–water partition coefficient (Wildman–Crippen LogP) is 4.65. The third-order valence-corrected chi connectivity index (χ3v) is 5.82. The van der Waals surface area contributed by atoms with E-state index in [4.69, 9.17) is 28.4 Å². The molecule has 0 saturated carbocycles. The number of rotatable bonds is 3. The highest BCUT2D eigenvalue weighted by Crippen LogP contribution is 2.39. The smallest absolute Gasteiger partial charge is 0.315 e. The largest absolute Gasteiger partial charge is 0.507 e. The highest BCUT2D eigenvalue weighted by molar-refractivity contribution is 9.10. The highest BCUT2D eigenvalue weighted by Gasteiger charge is 2.34. The van der Waals surface area contributed by atoms with Gasteiger partial charge in [0.05, 0.1) is 21.9 Å². The monoisotopic (exact) mass is 477 g/mol. The Morgan fingerprint density at radius 3 is 2.44 bits per heavy atom. The van der Waals surface area contributed by atoms with E-state index in [1.54, 1.807) is 13.0 Å². The Bertz CT molecular complexity index is 875. The van der Waals surface area contributed by atoms with Crippen LogP contribution in [0, 0.1) is 11.8 Å². The Balaban J connectivity index is 2.42. The summed E-state index contributed by atoms with van der Waals surface area (Å²) >= 11 is 15.8. The predicted molar refractivity (Wildman–Crippen MR) is 108 cm³/mol. The van der Waals surface area contributed by atoms with E-state index in [0.717, 1.165) is 0 Å². The van der Waals surface area contributed by atoms with Crippen molar-refractivity contribution in [1.29, 1.82) is 0 Å². The van der Waals surface area contributed by atoms with Gasteiger partial charge in [-0.25, -0.2) is 5.21 Å². The number of amides is 1. The summed E-state index contributed by atoms with van der Waals surface area (Å²) in [6.45, 7) is 7.49. The lowest BCUT2D eigenvalue weighted by atomic mass is 9.84. The lowest BCUT2D eigenvalue weighted by Gasteiger charge is -2.26. The van der Waals surface area contributed by atoms with Crippen LogP contribution in [0.2, 0.25) is 0 Å². The van der Waals surface area contributed by atoms with E-state index < -0.39 is 17.3 Å². The average Bonchev–Trinajstić information content (AvgIpc) is 2.53. The second-order valence-electron chi connectivity index (χ2n) is 7.29. The number of allylic oxidation sites excluding steroid dienone is 1. The van der Waals surface area contributed by atoms with Gasteiger partial charge in [-0.15, -0.1) is 11.6 Å². The maximum atomic E-state index is 12.9. The van der Waals surface area contributed by atoms with Crippen LogP contribution in [0.5, 0.6) is 5.75 Å². The number of nitrogens with one attached hydrogen (secondary N) is 1. The van der Waals surface area contributed by atoms with E-state index in [1.165, 1.54) is 12.2 Å². The van der Waals surface area contributed by atoms with Gasteiger partial charge in [0, 0.05) is 27.2 Å². The number of phenols is 1. The zero-order valence-electron chi connectivity index (χ0n) is 15.2. The molecule has 0 aromatic heterocycles. The lowest BCUT2D eigenvalue weighted by molar-refractivity contribution is -0.752. The third kappa shape index (κ3) is 4.47. The quantitative estimate of drug-likeness (QED) is 0.435. The van der Waals surface area contributed by atoms with Gasteiger partial charge < -0.3 is 10.4 Å². The van der Waals surface area contributed by atoms with Crippen molar-refractivity contribution in [2.45, 2.75) is 44.5 Å². The molecule has 1 aliphatic rings. The second-order valence-corrected chi connectivity index (χ2v) is 9.09. The van der Waals surface area contributed by atoms with Crippen molar-refractivity contribution < 1.29 is 20.0 Å². The molecule has 0 aliphatic heterocycles. The highest BCUT2D eigenvalue weighted by atomic mass is 79.9. The van der Waals surface area contributed by atoms with E-state index >= 15 is 0 Å². The van der Waals surface area contributed by atoms with Gasteiger partial charge >= 0.3 is 5.70 Å². The third-order valence-electron chi connectivity index (χ3n) is 4.27. The van der Waals surface area contributed by atoms with E-state index in [0.29, 0.717) is 15.6 Å². The molecule has 146 valence electrons. The Kier molecular flexibility index (Phi) is 6.29. The average molecular weight is 479 g/mol. The summed E-state index contributed by atoms with van der Waals surface area (Å²) in [7, 11) is 0. The summed E-state index contributed by atoms with van der Waals surface area (Å²) in [6.07, 6.45) is 2.49. The molecule has 27 heavy (non-hydrogen) atoms. The SMILES string of the molecule is Cc1c(Br)cc(C(C)(C)C)c(O)c1C(=O)NC1C(Cl)=CC([N+](=O)O)=CC1Cl. The summed E-state index contributed by atoms with van der Waals surface area (Å²) < 4.78 is 0.688. The fourth-order valence-corrected chi connectivity index (χ4v) is 3.88. The molecule has 0 fully saturated rings. The van der Waals surface area contributed by atoms with Crippen molar-refractivity contribution in [2.24, 2.45) is 0 Å². The number of alkyl halides is 1. The zero-order chi connectivity index (χ0) is 20.7. The van der Waals surface area contributed by atoms with Crippen molar-refractivity contribution in [3.8, 4) is 5.75 Å². The molecular weight excluding hydrogens is 459 g/mol. The number of carbonyl (C=O) groups excluding carboxylic acids is 1. The van der Waals surface area contributed by atoms with Crippen LogP contribution >= 0.6 is 39.1 Å². The van der Waals surface area contributed by atoms with Crippen LogP contribution in [0.3, 0.4) is 0 Å². The molecule has 0 bridgehead atoms. The maximum absolute atomic E-state index is 12.9. The minimum Gasteiger partial charge on any atom is -0.507 e. The summed E-state index contributed by atoms with van der Waals surface area (Å²) in [4.78, 5) is 23.6. The van der Waals surface area contributed by atoms with Crippen molar-refractivity contribution in [3.05, 3.63) is 55.0 Å². The standard InChI is InChI=1S/C18H19BrCl2N2O4/c1-8-11(19)7-10(18(2,3)4)16(24)14(8)17(25)22-15-12(20)5-9(23(26)27)6-13(15)21/h5-7,12,15H,1-4H3,(H2-,22,24,25,26,27)/p+1. The molecule has 1 aromatic carbocycles. The molecule has 2 unspecified atom stereocenters. The fourth-order valence-electron chi connectivity index (χ4n) is 2.76. The Labute approximate surface area is 175 Å². The first-order chi connectivity index (χ1) is 12.3. The van der Waals surface area contributed by atoms with Gasteiger partial charge in [-0.3, -0.25) is 4.79 Å². The second kappa shape index (κ2) is 7.81. The molecule has 0 spiro atoms. The Morgan fingerprint density at radius 2 is 1.96 bits per heavy atom. The maximum Gasteiger partial charge on any atom is 0.315 e. The molecule has 0 heterocycles. The van der Waals surface area contributed by atoms with Gasteiger partial charge in [-0.1, -0.05) is 48.3 Å². The number of nitrogens with zero attached hydrogens (tertiary/aromatic N) is 1. The van der Waals surface area contributed by atoms with Crippen LogP contribution < -0.4 is 5.32 Å². The van der Waals surface area contributed by atoms with Crippen molar-refractivity contribution in [3.63, 3.8) is 0 Å². The Morgan fingerprint density at radius 1 is 1.37 bits per heavy atom. The van der Waals surface area contributed by atoms with Crippen LogP contribution in [-0.2, 0) is 5.41 Å². The van der Waals surface area contributed by atoms with E-state index in [-0.39, 0.29) is 32.4 Å². The molecule has 6 nitrogen and oxygen atoms in total. The first-order valence-corrected chi connectivity index (χ1v) is 9.67. The first-order valence-electron chi connectivity index (χ1n) is 8.07. The summed E-state index contributed by atoms with van der Waals surface area (Å²) in [5.74, 6) is -0.668. The molecule has 9 heteroatoms. The molecule has 0 saturated heterocycles. The Hall–Kier alpha value is -1.57. The number of aromatic hydroxyl groups is 1. The number of carbonyl (C=O) groups is 1. The molecule has 2 atom stereocenters. The van der Waals surface area contributed by atoms with Crippen molar-refractivity contribution >= 4 is 45.0 Å². The first kappa shape index (κ1) is 21.7. The summed E-state index contributed by atoms with van der Waals surface area (Å²) in [5, 5.41) is 21.6. The fraction of sp³-hybridized carbons (Fsp3) is 0.389. The van der Waals surface area contributed by atoms with Crippen LogP contribution in [-0.4, -0.2) is 32.6 Å². The van der Waals surface area contributed by atoms with E-state index in [2.05, 4.69) is 21.2 Å². The number of hydrogen-bond acceptors (Lipinski definition) is 3. The van der Waals surface area contributed by atoms with Crippen molar-refractivity contribution in [1.82, 2.24) is 5.32 Å². The zero-order valence-corrected chi connectivity index (χ0v) is 18.3. The van der Waals surface area contributed by atoms with E-state index in [9.17, 15) is 14.8 Å². The number of phenolic OH excluding ortho intramolecular Hbond substituents is 1. The number of halogens is 3. The van der Waals surface area contributed by atoms with Gasteiger partial charge in [0.25, 0.3) is 10.8 Å². The molecular formula is C18H20BrCl2N2O4+. The van der Waals surface area contributed by atoms with Crippen LogP contribution in [0.4, 0.5) is 0 Å². The van der Waals surface area contributed by atoms with Gasteiger partial charge in [0.2, 0.25) is 0 Å². The van der Waals surface area contributed by atoms with Crippen LogP contribution in [0.25, 0.3) is 0 Å². The minimum absolute atomic E-state index is 0.0823. The van der Waals surface area contributed by atoms with Gasteiger partial charge in [-0.05, 0) is 24.0 Å². The molecule has 1 amide bonds. The topological polar surface area (TPSA) is 89.6 Å². The molecule has 1 aromatic rings. The molecule has 3 N–H and O–H groups in total. The summed E-state index contributed by atoms with van der Waals surface area (Å²) in [6, 6.07) is 0.971. The minimum atomic E-state index is -0.860. The molecule has 0 radical (unpaired) electrons. The molecule has 1 aliphatic carbocycles. The number of hydrogen-bond donors (Lipinski definition) is 3. The van der Waals surface area contributed by atoms with Crippen molar-refractivity contribution in [2.75, 3.05) is 0 Å². The summed E-state index contributed by atoms with van der Waals surface area (Å²) in [5.41, 5.74) is 0.787. The normalized spacial score (nSPS) is 20.0. The van der Waals surface area contributed by atoms with E-state index in [1.807, 2.05) is 20.8 Å². The lowest BCUT2D eigenvalue weighted by Crippen LogP contribution is -2.42. The van der Waals surface area contributed by atoms with Gasteiger partial charge in [-0.2, -0.15) is 0 Å². The number of benzene rings is 1. The van der Waals surface area contributed by atoms with Crippen LogP contribution in [0.1, 0.15) is 42.3 Å². The van der Waals surface area contributed by atoms with Crippen LogP contribution in [0.15, 0.2) is 33.4 Å². The van der Waals surface area contributed by atoms with Gasteiger partial charge in [0.15, 0.2) is 0 Å².